The molecular weight excluding hydrogens is 254 g/mol. The Hall–Kier alpha value is -1.62. The second-order valence-corrected chi connectivity index (χ2v) is 6.24. The molecule has 1 saturated heterocycles. The monoisotopic (exact) mass is 277 g/mol. The van der Waals surface area contributed by atoms with Crippen LogP contribution < -0.4 is 10.6 Å². The summed E-state index contributed by atoms with van der Waals surface area (Å²) in [5, 5.41) is 17.7. The first-order chi connectivity index (χ1) is 9.40. The van der Waals surface area contributed by atoms with Crippen LogP contribution in [0.3, 0.4) is 0 Å². The molecule has 0 bridgehead atoms. The fourth-order valence-electron chi connectivity index (χ4n) is 2.81. The summed E-state index contributed by atoms with van der Waals surface area (Å²) >= 11 is 0. The average Bonchev–Trinajstić information content (AvgIpc) is 2.36. The molecule has 1 aromatic carbocycles. The Morgan fingerprint density at radius 3 is 2.85 bits per heavy atom. The van der Waals surface area contributed by atoms with Crippen LogP contribution in [0.5, 0.6) is 0 Å². The summed E-state index contributed by atoms with van der Waals surface area (Å²) in [6.07, 6.45) is 2.45. The van der Waals surface area contributed by atoms with Crippen molar-refractivity contribution in [3.8, 4) is 0 Å². The fraction of sp³-hybridized carbons (Fsp3) is 0.600. The predicted molar refractivity (Wildman–Crippen MR) is 81.1 cm³/mol. The lowest BCUT2D eigenvalue weighted by Crippen LogP contribution is -2.50. The van der Waals surface area contributed by atoms with Gasteiger partial charge in [0.25, 0.3) is 5.69 Å². The number of nitro benzene ring substituents is 1. The molecule has 5 heteroatoms. The molecule has 2 N–H and O–H groups in total. The number of hydrogen-bond acceptors (Lipinski definition) is 4. The van der Waals surface area contributed by atoms with Crippen molar-refractivity contribution in [3.05, 3.63) is 33.9 Å². The molecule has 0 aliphatic carbocycles. The topological polar surface area (TPSA) is 67.2 Å². The van der Waals surface area contributed by atoms with E-state index in [0.29, 0.717) is 11.6 Å². The van der Waals surface area contributed by atoms with Gasteiger partial charge in [-0.05, 0) is 43.9 Å². The molecule has 1 aliphatic rings. The maximum absolute atomic E-state index is 10.8. The molecule has 0 radical (unpaired) electrons. The number of benzene rings is 1. The Morgan fingerprint density at radius 2 is 2.25 bits per heavy atom. The van der Waals surface area contributed by atoms with E-state index in [0.717, 1.165) is 18.8 Å². The van der Waals surface area contributed by atoms with E-state index in [2.05, 4.69) is 24.5 Å². The summed E-state index contributed by atoms with van der Waals surface area (Å²) in [5.41, 5.74) is 2.08. The van der Waals surface area contributed by atoms with E-state index in [4.69, 9.17) is 0 Å². The lowest BCUT2D eigenvalue weighted by Gasteiger charge is -2.39. The highest BCUT2D eigenvalue weighted by Crippen LogP contribution is 2.30. The summed E-state index contributed by atoms with van der Waals surface area (Å²) in [6, 6.07) is 5.61. The third-order valence-corrected chi connectivity index (χ3v) is 4.24. The first-order valence-corrected chi connectivity index (χ1v) is 7.12. The van der Waals surface area contributed by atoms with Gasteiger partial charge in [0.15, 0.2) is 0 Å². The van der Waals surface area contributed by atoms with Crippen LogP contribution in [0.25, 0.3) is 0 Å². The van der Waals surface area contributed by atoms with Gasteiger partial charge in [0.05, 0.1) is 4.92 Å². The van der Waals surface area contributed by atoms with Crippen molar-refractivity contribution in [3.63, 3.8) is 0 Å². The van der Waals surface area contributed by atoms with Crippen LogP contribution in [-0.2, 0) is 0 Å². The third-order valence-electron chi connectivity index (χ3n) is 4.24. The normalized spacial score (nSPS) is 21.4. The number of nitrogens with one attached hydrogen (secondary N) is 2. The van der Waals surface area contributed by atoms with Gasteiger partial charge < -0.3 is 10.6 Å². The number of nitrogens with zero attached hydrogens (tertiary/aromatic N) is 1. The number of hydrogen-bond donors (Lipinski definition) is 2. The summed E-state index contributed by atoms with van der Waals surface area (Å²) in [5.74, 6) is 0. The first-order valence-electron chi connectivity index (χ1n) is 7.12. The highest BCUT2D eigenvalue weighted by atomic mass is 16.6. The average molecular weight is 277 g/mol. The highest BCUT2D eigenvalue weighted by molar-refractivity contribution is 5.53. The molecule has 1 aliphatic heterocycles. The van der Waals surface area contributed by atoms with Crippen LogP contribution >= 0.6 is 0 Å². The van der Waals surface area contributed by atoms with Crippen LogP contribution in [0.2, 0.25) is 0 Å². The molecule has 1 fully saturated rings. The Kier molecular flexibility index (Phi) is 4.28. The molecule has 0 spiro atoms. The van der Waals surface area contributed by atoms with Gasteiger partial charge in [0.2, 0.25) is 0 Å². The molecule has 0 amide bonds. The van der Waals surface area contributed by atoms with Gasteiger partial charge in [0.1, 0.15) is 0 Å². The van der Waals surface area contributed by atoms with Crippen molar-refractivity contribution in [1.82, 2.24) is 5.32 Å². The largest absolute Gasteiger partial charge is 0.383 e. The van der Waals surface area contributed by atoms with Crippen molar-refractivity contribution in [2.24, 2.45) is 5.41 Å². The second-order valence-electron chi connectivity index (χ2n) is 6.24. The summed E-state index contributed by atoms with van der Waals surface area (Å²) in [4.78, 5) is 10.5. The van der Waals surface area contributed by atoms with Gasteiger partial charge in [-0.2, -0.15) is 0 Å². The minimum absolute atomic E-state index is 0.173. The van der Waals surface area contributed by atoms with Gasteiger partial charge in [-0.1, -0.05) is 13.8 Å². The molecular formula is C15H23N3O2. The van der Waals surface area contributed by atoms with E-state index in [1.807, 2.05) is 6.07 Å². The Bertz CT molecular complexity index is 500. The number of aryl methyl sites for hydroxylation is 1. The Balaban J connectivity index is 2.00. The van der Waals surface area contributed by atoms with Crippen LogP contribution in [0, 0.1) is 22.5 Å². The van der Waals surface area contributed by atoms with E-state index in [1.165, 1.54) is 12.8 Å². The fourth-order valence-corrected chi connectivity index (χ4v) is 2.81. The minimum Gasteiger partial charge on any atom is -0.383 e. The van der Waals surface area contributed by atoms with Crippen molar-refractivity contribution in [2.45, 2.75) is 39.7 Å². The van der Waals surface area contributed by atoms with Crippen molar-refractivity contribution in [1.29, 1.82) is 0 Å². The second kappa shape index (κ2) is 5.79. The van der Waals surface area contributed by atoms with E-state index >= 15 is 0 Å². The highest BCUT2D eigenvalue weighted by Gasteiger charge is 2.31. The van der Waals surface area contributed by atoms with Crippen LogP contribution in [-0.4, -0.2) is 24.1 Å². The van der Waals surface area contributed by atoms with Crippen LogP contribution in [0.1, 0.15) is 32.3 Å². The number of piperidine rings is 1. The van der Waals surface area contributed by atoms with Crippen LogP contribution in [0.4, 0.5) is 11.4 Å². The van der Waals surface area contributed by atoms with E-state index in [9.17, 15) is 10.1 Å². The lowest BCUT2D eigenvalue weighted by molar-refractivity contribution is -0.385. The van der Waals surface area contributed by atoms with Gasteiger partial charge >= 0.3 is 0 Å². The molecule has 0 saturated carbocycles. The van der Waals surface area contributed by atoms with Gasteiger partial charge in [-0.3, -0.25) is 10.1 Å². The first kappa shape index (κ1) is 14.8. The minimum atomic E-state index is -0.342. The predicted octanol–water partition coefficient (Wildman–Crippen LogP) is 3.09. The quantitative estimate of drug-likeness (QED) is 0.655. The van der Waals surface area contributed by atoms with E-state index in [-0.39, 0.29) is 16.0 Å². The van der Waals surface area contributed by atoms with Crippen molar-refractivity contribution in [2.75, 3.05) is 18.4 Å². The Labute approximate surface area is 119 Å². The molecule has 110 valence electrons. The summed E-state index contributed by atoms with van der Waals surface area (Å²) < 4.78 is 0. The summed E-state index contributed by atoms with van der Waals surface area (Å²) in [6.45, 7) is 8.24. The molecule has 0 aromatic heterocycles. The van der Waals surface area contributed by atoms with Gasteiger partial charge in [0, 0.05) is 29.9 Å². The number of nitro groups is 1. The maximum atomic E-state index is 10.8. The molecule has 5 nitrogen and oxygen atoms in total. The van der Waals surface area contributed by atoms with Gasteiger partial charge in [-0.15, -0.1) is 0 Å². The van der Waals surface area contributed by atoms with Crippen molar-refractivity contribution >= 4 is 11.4 Å². The Morgan fingerprint density at radius 1 is 1.50 bits per heavy atom. The third kappa shape index (κ3) is 3.28. The number of rotatable bonds is 4. The zero-order valence-corrected chi connectivity index (χ0v) is 12.4. The lowest BCUT2D eigenvalue weighted by atomic mass is 9.77. The smallest absolute Gasteiger partial charge is 0.272 e. The molecule has 20 heavy (non-hydrogen) atoms. The maximum Gasteiger partial charge on any atom is 0.272 e. The number of anilines is 1. The zero-order valence-electron chi connectivity index (χ0n) is 12.4. The van der Waals surface area contributed by atoms with E-state index < -0.39 is 0 Å². The summed E-state index contributed by atoms with van der Waals surface area (Å²) in [7, 11) is 0. The van der Waals surface area contributed by atoms with Crippen molar-refractivity contribution < 1.29 is 4.92 Å². The zero-order chi connectivity index (χ0) is 14.8. The van der Waals surface area contributed by atoms with Crippen LogP contribution in [0.15, 0.2) is 18.2 Å². The standard InChI is InChI=1S/C15H23N3O2/c1-11-9-12(5-6-13(11)18(19)20)17-10-14-15(2,3)7-4-8-16-14/h5-6,9,14,16-17H,4,7-8,10H2,1-3H3. The molecule has 1 unspecified atom stereocenters. The SMILES string of the molecule is Cc1cc(NCC2NCCCC2(C)C)ccc1[N+](=O)[O-]. The molecule has 1 aromatic rings. The van der Waals surface area contributed by atoms with E-state index in [1.54, 1.807) is 19.1 Å². The van der Waals surface area contributed by atoms with Gasteiger partial charge in [-0.25, -0.2) is 0 Å². The molecule has 2 rings (SSSR count). The molecule has 1 atom stereocenters. The molecule has 1 heterocycles.